The fraction of sp³-hybridized carbons (Fsp3) is 1.00. The van der Waals surface area contributed by atoms with Gasteiger partial charge in [0, 0.05) is 18.6 Å². The molecular weight excluding hydrogens is 200 g/mol. The molecule has 2 aliphatic rings. The smallest absolute Gasteiger partial charge is 0.0586 e. The molecule has 2 atom stereocenters. The summed E-state index contributed by atoms with van der Waals surface area (Å²) in [5.41, 5.74) is 0. The molecule has 0 aromatic rings. The summed E-state index contributed by atoms with van der Waals surface area (Å²) in [7, 11) is 2.26. The molecule has 2 rings (SSSR count). The number of hydrogen-bond acceptors (Lipinski definition) is 3. The van der Waals surface area contributed by atoms with Crippen molar-refractivity contribution in [3.8, 4) is 0 Å². The van der Waals surface area contributed by atoms with Crippen molar-refractivity contribution in [1.29, 1.82) is 0 Å². The normalized spacial score (nSPS) is 33.4. The number of likely N-dealkylation sites (tertiary alicyclic amines) is 2. The van der Waals surface area contributed by atoms with E-state index in [2.05, 4.69) is 16.8 Å². The van der Waals surface area contributed by atoms with E-state index < -0.39 is 0 Å². The van der Waals surface area contributed by atoms with Crippen LogP contribution in [0.4, 0.5) is 0 Å². The summed E-state index contributed by atoms with van der Waals surface area (Å²) in [6.45, 7) is 4.00. The maximum absolute atomic E-state index is 9.27. The molecule has 3 heteroatoms. The molecule has 2 heterocycles. The molecule has 0 aromatic heterocycles. The zero-order valence-electron chi connectivity index (χ0n) is 10.6. The molecule has 94 valence electrons. The molecule has 2 aliphatic heterocycles. The number of piperidine rings is 1. The van der Waals surface area contributed by atoms with Gasteiger partial charge in [0.05, 0.1) is 6.61 Å². The number of rotatable bonds is 4. The van der Waals surface area contributed by atoms with Gasteiger partial charge in [-0.1, -0.05) is 6.42 Å². The largest absolute Gasteiger partial charge is 0.395 e. The second kappa shape index (κ2) is 5.99. The van der Waals surface area contributed by atoms with E-state index in [9.17, 15) is 5.11 Å². The molecule has 0 aliphatic carbocycles. The standard InChI is InChI=1S/C13H26N2O/c1-14-8-3-2-5-12(14)7-10-15-9-4-6-13(15)11-16/h12-13,16H,2-11H2,1H3/t12?,13-/m0/s1. The van der Waals surface area contributed by atoms with Gasteiger partial charge in [-0.15, -0.1) is 0 Å². The van der Waals surface area contributed by atoms with Crippen molar-refractivity contribution in [2.75, 3.05) is 33.3 Å². The van der Waals surface area contributed by atoms with E-state index in [0.29, 0.717) is 12.6 Å². The number of hydrogen-bond donors (Lipinski definition) is 1. The summed E-state index contributed by atoms with van der Waals surface area (Å²) in [6, 6.07) is 1.24. The Morgan fingerprint density at radius 2 is 1.88 bits per heavy atom. The molecule has 1 unspecified atom stereocenters. The minimum absolute atomic E-state index is 0.348. The van der Waals surface area contributed by atoms with Crippen molar-refractivity contribution >= 4 is 0 Å². The summed E-state index contributed by atoms with van der Waals surface area (Å²) in [5.74, 6) is 0. The predicted octanol–water partition coefficient (Wildman–Crippen LogP) is 1.32. The van der Waals surface area contributed by atoms with E-state index in [1.54, 1.807) is 0 Å². The first-order chi connectivity index (χ1) is 7.81. The molecule has 0 bridgehead atoms. The van der Waals surface area contributed by atoms with Crippen molar-refractivity contribution in [3.63, 3.8) is 0 Å². The highest BCUT2D eigenvalue weighted by Crippen LogP contribution is 2.21. The molecule has 0 radical (unpaired) electrons. The minimum Gasteiger partial charge on any atom is -0.395 e. The van der Waals surface area contributed by atoms with E-state index in [-0.39, 0.29) is 0 Å². The molecule has 2 fully saturated rings. The fourth-order valence-electron chi connectivity index (χ4n) is 3.22. The summed E-state index contributed by atoms with van der Waals surface area (Å²) in [6.07, 6.45) is 7.89. The molecule has 0 amide bonds. The Hall–Kier alpha value is -0.120. The van der Waals surface area contributed by atoms with Crippen molar-refractivity contribution in [2.24, 2.45) is 0 Å². The summed E-state index contributed by atoms with van der Waals surface area (Å²) < 4.78 is 0. The van der Waals surface area contributed by atoms with Gasteiger partial charge in [0.2, 0.25) is 0 Å². The van der Waals surface area contributed by atoms with E-state index in [0.717, 1.165) is 6.04 Å². The van der Waals surface area contributed by atoms with Crippen LogP contribution in [0.1, 0.15) is 38.5 Å². The Morgan fingerprint density at radius 1 is 1.06 bits per heavy atom. The van der Waals surface area contributed by atoms with Gasteiger partial charge in [0.15, 0.2) is 0 Å². The van der Waals surface area contributed by atoms with Crippen molar-refractivity contribution in [2.45, 2.75) is 50.6 Å². The molecule has 0 spiro atoms. The third kappa shape index (κ3) is 2.96. The molecule has 2 saturated heterocycles. The van der Waals surface area contributed by atoms with Crippen LogP contribution in [0.25, 0.3) is 0 Å². The van der Waals surface area contributed by atoms with Crippen LogP contribution in [0.2, 0.25) is 0 Å². The van der Waals surface area contributed by atoms with Crippen molar-refractivity contribution in [1.82, 2.24) is 9.80 Å². The molecular formula is C13H26N2O. The Balaban J connectivity index is 1.73. The van der Waals surface area contributed by atoms with E-state index in [4.69, 9.17) is 0 Å². The average Bonchev–Trinajstić information content (AvgIpc) is 2.75. The Morgan fingerprint density at radius 3 is 2.62 bits per heavy atom. The van der Waals surface area contributed by atoms with Crippen LogP contribution in [0.3, 0.4) is 0 Å². The van der Waals surface area contributed by atoms with Gasteiger partial charge in [-0.25, -0.2) is 0 Å². The van der Waals surface area contributed by atoms with Gasteiger partial charge in [-0.05, 0) is 52.2 Å². The van der Waals surface area contributed by atoms with Crippen LogP contribution in [0.5, 0.6) is 0 Å². The zero-order valence-corrected chi connectivity index (χ0v) is 10.6. The molecule has 1 N–H and O–H groups in total. The van der Waals surface area contributed by atoms with Gasteiger partial charge in [-0.2, -0.15) is 0 Å². The van der Waals surface area contributed by atoms with E-state index in [1.165, 1.54) is 58.2 Å². The maximum atomic E-state index is 9.27. The van der Waals surface area contributed by atoms with E-state index in [1.807, 2.05) is 0 Å². The van der Waals surface area contributed by atoms with Gasteiger partial charge in [0.25, 0.3) is 0 Å². The SMILES string of the molecule is CN1CCCCC1CCN1CCC[C@H]1CO. The van der Waals surface area contributed by atoms with Crippen LogP contribution in [0.15, 0.2) is 0 Å². The highest BCUT2D eigenvalue weighted by Gasteiger charge is 2.25. The van der Waals surface area contributed by atoms with Gasteiger partial charge in [-0.3, -0.25) is 4.90 Å². The lowest BCUT2D eigenvalue weighted by Gasteiger charge is -2.34. The first kappa shape index (κ1) is 12.3. The van der Waals surface area contributed by atoms with Crippen LogP contribution >= 0.6 is 0 Å². The van der Waals surface area contributed by atoms with Gasteiger partial charge in [0.1, 0.15) is 0 Å². The second-order valence-corrected chi connectivity index (χ2v) is 5.43. The lowest BCUT2D eigenvalue weighted by molar-refractivity contribution is 0.126. The highest BCUT2D eigenvalue weighted by atomic mass is 16.3. The van der Waals surface area contributed by atoms with Crippen LogP contribution in [0, 0.1) is 0 Å². The summed E-state index contributed by atoms with van der Waals surface area (Å²) >= 11 is 0. The molecule has 16 heavy (non-hydrogen) atoms. The van der Waals surface area contributed by atoms with Crippen LogP contribution < -0.4 is 0 Å². The van der Waals surface area contributed by atoms with Gasteiger partial charge >= 0.3 is 0 Å². The summed E-state index contributed by atoms with van der Waals surface area (Å²) in [4.78, 5) is 5.01. The van der Waals surface area contributed by atoms with Crippen LogP contribution in [-0.2, 0) is 0 Å². The monoisotopic (exact) mass is 226 g/mol. The van der Waals surface area contributed by atoms with Crippen molar-refractivity contribution < 1.29 is 5.11 Å². The third-order valence-electron chi connectivity index (χ3n) is 4.38. The predicted molar refractivity (Wildman–Crippen MR) is 66.6 cm³/mol. The summed E-state index contributed by atoms with van der Waals surface area (Å²) in [5, 5.41) is 9.27. The quantitative estimate of drug-likeness (QED) is 0.783. The Kier molecular flexibility index (Phi) is 4.62. The number of nitrogens with zero attached hydrogens (tertiary/aromatic N) is 2. The number of aliphatic hydroxyl groups is 1. The molecule has 0 aromatic carbocycles. The lowest BCUT2D eigenvalue weighted by Crippen LogP contribution is -2.40. The first-order valence-corrected chi connectivity index (χ1v) is 6.86. The Labute approximate surface area is 99.4 Å². The topological polar surface area (TPSA) is 26.7 Å². The highest BCUT2D eigenvalue weighted by molar-refractivity contribution is 4.81. The maximum Gasteiger partial charge on any atom is 0.0586 e. The lowest BCUT2D eigenvalue weighted by atomic mass is 10.00. The zero-order chi connectivity index (χ0) is 11.4. The average molecular weight is 226 g/mol. The van der Waals surface area contributed by atoms with Crippen LogP contribution in [-0.4, -0.2) is 60.3 Å². The van der Waals surface area contributed by atoms with Gasteiger partial charge < -0.3 is 10.0 Å². The fourth-order valence-corrected chi connectivity index (χ4v) is 3.22. The second-order valence-electron chi connectivity index (χ2n) is 5.43. The Bertz CT molecular complexity index is 208. The van der Waals surface area contributed by atoms with E-state index >= 15 is 0 Å². The first-order valence-electron chi connectivity index (χ1n) is 6.86. The number of aliphatic hydroxyl groups excluding tert-OH is 1. The van der Waals surface area contributed by atoms with Crippen molar-refractivity contribution in [3.05, 3.63) is 0 Å². The molecule has 0 saturated carbocycles. The molecule has 3 nitrogen and oxygen atoms in total. The minimum atomic E-state index is 0.348. The third-order valence-corrected chi connectivity index (χ3v) is 4.38.